The zero-order valence-electron chi connectivity index (χ0n) is 13.8. The SMILES string of the molecule is CN(C)c1ccc(N2CCN(c3ncnc4ccsc34)CC2)nn1. The molecule has 1 aliphatic heterocycles. The molecular formula is C16H19N7S. The van der Waals surface area contributed by atoms with Gasteiger partial charge in [-0.3, -0.25) is 0 Å². The average molecular weight is 341 g/mol. The van der Waals surface area contributed by atoms with E-state index in [9.17, 15) is 0 Å². The number of nitrogens with zero attached hydrogens (tertiary/aromatic N) is 7. The molecule has 0 spiro atoms. The lowest BCUT2D eigenvalue weighted by Gasteiger charge is -2.35. The first-order chi connectivity index (χ1) is 11.7. The Labute approximate surface area is 144 Å². The predicted molar refractivity (Wildman–Crippen MR) is 98.2 cm³/mol. The van der Waals surface area contributed by atoms with Gasteiger partial charge in [0.05, 0.1) is 10.2 Å². The Hall–Kier alpha value is -2.48. The molecule has 0 aliphatic carbocycles. The first-order valence-corrected chi connectivity index (χ1v) is 8.79. The van der Waals surface area contributed by atoms with Crippen molar-refractivity contribution >= 4 is 39.0 Å². The fraction of sp³-hybridized carbons (Fsp3) is 0.375. The summed E-state index contributed by atoms with van der Waals surface area (Å²) < 4.78 is 1.17. The van der Waals surface area contributed by atoms with Gasteiger partial charge >= 0.3 is 0 Å². The van der Waals surface area contributed by atoms with Crippen molar-refractivity contribution in [2.45, 2.75) is 0 Å². The van der Waals surface area contributed by atoms with Crippen LogP contribution in [-0.2, 0) is 0 Å². The molecule has 8 heteroatoms. The molecule has 0 radical (unpaired) electrons. The molecule has 1 aliphatic rings. The summed E-state index contributed by atoms with van der Waals surface area (Å²) in [4.78, 5) is 15.4. The van der Waals surface area contributed by atoms with Crippen LogP contribution in [0.15, 0.2) is 29.9 Å². The molecule has 0 saturated carbocycles. The highest BCUT2D eigenvalue weighted by Gasteiger charge is 2.21. The summed E-state index contributed by atoms with van der Waals surface area (Å²) in [5.74, 6) is 2.85. The number of thiophene rings is 1. The second kappa shape index (κ2) is 6.20. The highest BCUT2D eigenvalue weighted by atomic mass is 32.1. The van der Waals surface area contributed by atoms with Crippen molar-refractivity contribution in [1.82, 2.24) is 20.2 Å². The van der Waals surface area contributed by atoms with Gasteiger partial charge in [0.25, 0.3) is 0 Å². The van der Waals surface area contributed by atoms with Gasteiger partial charge in [0.15, 0.2) is 11.6 Å². The lowest BCUT2D eigenvalue weighted by Crippen LogP contribution is -2.47. The van der Waals surface area contributed by atoms with Crippen molar-refractivity contribution in [1.29, 1.82) is 0 Å². The van der Waals surface area contributed by atoms with E-state index in [0.29, 0.717) is 0 Å². The van der Waals surface area contributed by atoms with Crippen LogP contribution < -0.4 is 14.7 Å². The molecule has 0 bridgehead atoms. The van der Waals surface area contributed by atoms with Gasteiger partial charge in [0.1, 0.15) is 12.1 Å². The maximum absolute atomic E-state index is 4.50. The number of fused-ring (bicyclic) bond motifs is 1. The Bertz CT molecular complexity index is 822. The van der Waals surface area contributed by atoms with Crippen molar-refractivity contribution < 1.29 is 0 Å². The van der Waals surface area contributed by atoms with Gasteiger partial charge in [-0.15, -0.1) is 21.5 Å². The van der Waals surface area contributed by atoms with Crippen LogP contribution in [0.1, 0.15) is 0 Å². The zero-order valence-corrected chi connectivity index (χ0v) is 14.6. The summed E-state index contributed by atoms with van der Waals surface area (Å²) in [6.45, 7) is 3.65. The number of aromatic nitrogens is 4. The molecular weight excluding hydrogens is 322 g/mol. The number of anilines is 3. The molecule has 7 nitrogen and oxygen atoms in total. The van der Waals surface area contributed by atoms with Gasteiger partial charge in [-0.2, -0.15) is 0 Å². The third-order valence-corrected chi connectivity index (χ3v) is 5.12. The molecule has 0 atom stereocenters. The number of piperazine rings is 1. The maximum atomic E-state index is 4.50. The fourth-order valence-corrected chi connectivity index (χ4v) is 3.74. The van der Waals surface area contributed by atoms with Crippen LogP contribution in [0.4, 0.5) is 17.5 Å². The van der Waals surface area contributed by atoms with Gasteiger partial charge in [-0.1, -0.05) is 0 Å². The van der Waals surface area contributed by atoms with Crippen molar-refractivity contribution in [2.24, 2.45) is 0 Å². The molecule has 0 unspecified atom stereocenters. The van der Waals surface area contributed by atoms with E-state index in [4.69, 9.17) is 0 Å². The third-order valence-electron chi connectivity index (χ3n) is 4.22. The third kappa shape index (κ3) is 2.73. The molecule has 0 N–H and O–H groups in total. The molecule has 4 heterocycles. The first-order valence-electron chi connectivity index (χ1n) is 7.91. The summed E-state index contributed by atoms with van der Waals surface area (Å²) in [7, 11) is 3.94. The predicted octanol–water partition coefficient (Wildman–Crippen LogP) is 1.87. The van der Waals surface area contributed by atoms with Gasteiger partial charge in [0.2, 0.25) is 0 Å². The Kier molecular flexibility index (Phi) is 3.89. The largest absolute Gasteiger partial charge is 0.361 e. The Morgan fingerprint density at radius 2 is 1.75 bits per heavy atom. The van der Waals surface area contributed by atoms with Crippen LogP contribution >= 0.6 is 11.3 Å². The van der Waals surface area contributed by atoms with E-state index in [1.807, 2.05) is 37.2 Å². The van der Waals surface area contributed by atoms with Crippen LogP contribution in [0.25, 0.3) is 10.2 Å². The van der Waals surface area contributed by atoms with E-state index in [1.54, 1.807) is 17.7 Å². The summed E-state index contributed by atoms with van der Waals surface area (Å²) in [5.41, 5.74) is 1.03. The van der Waals surface area contributed by atoms with Gasteiger partial charge in [0, 0.05) is 40.3 Å². The van der Waals surface area contributed by atoms with Crippen LogP contribution in [-0.4, -0.2) is 60.4 Å². The molecule has 124 valence electrons. The van der Waals surface area contributed by atoms with E-state index in [1.165, 1.54) is 4.70 Å². The molecule has 0 aromatic carbocycles. The summed E-state index contributed by atoms with van der Waals surface area (Å²) in [6.07, 6.45) is 1.65. The lowest BCUT2D eigenvalue weighted by atomic mass is 10.3. The van der Waals surface area contributed by atoms with Crippen LogP contribution in [0.3, 0.4) is 0 Å². The fourth-order valence-electron chi connectivity index (χ4n) is 2.87. The minimum Gasteiger partial charge on any atom is -0.361 e. The molecule has 4 rings (SSSR count). The average Bonchev–Trinajstić information content (AvgIpc) is 3.11. The van der Waals surface area contributed by atoms with Crippen molar-refractivity contribution in [3.05, 3.63) is 29.9 Å². The normalized spacial score (nSPS) is 15.1. The Balaban J connectivity index is 1.47. The summed E-state index contributed by atoms with van der Waals surface area (Å²) in [6, 6.07) is 6.10. The molecule has 24 heavy (non-hydrogen) atoms. The smallest absolute Gasteiger partial charge is 0.151 e. The second-order valence-electron chi connectivity index (χ2n) is 5.95. The van der Waals surface area contributed by atoms with E-state index < -0.39 is 0 Å². The zero-order chi connectivity index (χ0) is 16.5. The van der Waals surface area contributed by atoms with Gasteiger partial charge in [-0.05, 0) is 23.6 Å². The molecule has 1 fully saturated rings. The summed E-state index contributed by atoms with van der Waals surface area (Å²) >= 11 is 1.70. The van der Waals surface area contributed by atoms with Gasteiger partial charge in [-0.25, -0.2) is 9.97 Å². The van der Waals surface area contributed by atoms with E-state index >= 15 is 0 Å². The maximum Gasteiger partial charge on any atom is 0.151 e. The molecule has 1 saturated heterocycles. The molecule has 3 aromatic rings. The van der Waals surface area contributed by atoms with E-state index in [2.05, 4.69) is 35.3 Å². The standard InChI is InChI=1S/C16H19N7S/c1-21(2)13-3-4-14(20-19-13)22-6-8-23(9-7-22)16-15-12(5-10-24-15)17-11-18-16/h3-5,10-11H,6-9H2,1-2H3. The van der Waals surface area contributed by atoms with Crippen LogP contribution in [0.5, 0.6) is 0 Å². The topological polar surface area (TPSA) is 61.3 Å². The van der Waals surface area contributed by atoms with E-state index in [-0.39, 0.29) is 0 Å². The first kappa shape index (κ1) is 15.1. The number of hydrogen-bond acceptors (Lipinski definition) is 8. The van der Waals surface area contributed by atoms with Crippen molar-refractivity contribution in [3.63, 3.8) is 0 Å². The minimum atomic E-state index is 0.874. The minimum absolute atomic E-state index is 0.874. The lowest BCUT2D eigenvalue weighted by molar-refractivity contribution is 0.639. The van der Waals surface area contributed by atoms with Crippen molar-refractivity contribution in [3.8, 4) is 0 Å². The summed E-state index contributed by atoms with van der Waals surface area (Å²) in [5, 5.41) is 10.7. The van der Waals surface area contributed by atoms with Crippen molar-refractivity contribution in [2.75, 3.05) is 55.0 Å². The van der Waals surface area contributed by atoms with Crippen LogP contribution in [0.2, 0.25) is 0 Å². The second-order valence-corrected chi connectivity index (χ2v) is 6.87. The van der Waals surface area contributed by atoms with Crippen LogP contribution in [0, 0.1) is 0 Å². The highest BCUT2D eigenvalue weighted by molar-refractivity contribution is 7.17. The quantitative estimate of drug-likeness (QED) is 0.721. The Morgan fingerprint density at radius 1 is 0.958 bits per heavy atom. The van der Waals surface area contributed by atoms with E-state index in [0.717, 1.165) is 49.1 Å². The molecule has 0 amide bonds. The molecule has 3 aromatic heterocycles. The number of hydrogen-bond donors (Lipinski definition) is 0. The Morgan fingerprint density at radius 3 is 2.46 bits per heavy atom. The number of rotatable bonds is 3. The monoisotopic (exact) mass is 341 g/mol. The highest BCUT2D eigenvalue weighted by Crippen LogP contribution is 2.28. The van der Waals surface area contributed by atoms with Gasteiger partial charge < -0.3 is 14.7 Å².